The van der Waals surface area contributed by atoms with Crippen LogP contribution in [0.4, 0.5) is 0 Å². The van der Waals surface area contributed by atoms with Gasteiger partial charge in [-0.15, -0.1) is 0 Å². The quantitative estimate of drug-likeness (QED) is 0.619. The summed E-state index contributed by atoms with van der Waals surface area (Å²) in [6, 6.07) is 18.6. The van der Waals surface area contributed by atoms with Gasteiger partial charge in [0.25, 0.3) is 0 Å². The molecule has 1 aromatic carbocycles. The van der Waals surface area contributed by atoms with Crippen molar-refractivity contribution in [3.05, 3.63) is 94.5 Å². The molecule has 1 aliphatic heterocycles. The van der Waals surface area contributed by atoms with Gasteiger partial charge in [-0.1, -0.05) is 41.9 Å². The zero-order valence-corrected chi connectivity index (χ0v) is 16.1. The molecule has 3 nitrogen and oxygen atoms in total. The first-order valence-corrected chi connectivity index (χ1v) is 9.96. The van der Waals surface area contributed by atoms with E-state index in [1.54, 1.807) is 0 Å². The minimum atomic E-state index is 0.488. The molecule has 1 saturated heterocycles. The molecular weight excluding hydrogens is 354 g/mol. The lowest BCUT2D eigenvalue weighted by atomic mass is 9.93. The number of piperidine rings is 1. The molecule has 0 amide bonds. The third-order valence-electron chi connectivity index (χ3n) is 5.21. The normalized spacial score (nSPS) is 17.7. The topological polar surface area (TPSA) is 29.0 Å². The molecule has 0 spiro atoms. The second kappa shape index (κ2) is 8.64. The summed E-state index contributed by atoms with van der Waals surface area (Å²) < 4.78 is 0. The predicted molar refractivity (Wildman–Crippen MR) is 110 cm³/mol. The zero-order chi connectivity index (χ0) is 18.5. The summed E-state index contributed by atoms with van der Waals surface area (Å²) >= 11 is 6.32. The summed E-state index contributed by atoms with van der Waals surface area (Å²) in [4.78, 5) is 11.7. The van der Waals surface area contributed by atoms with Crippen LogP contribution in [-0.2, 0) is 13.0 Å². The Morgan fingerprint density at radius 2 is 1.96 bits per heavy atom. The van der Waals surface area contributed by atoms with Crippen molar-refractivity contribution in [1.82, 2.24) is 14.9 Å². The van der Waals surface area contributed by atoms with Gasteiger partial charge in [-0.05, 0) is 54.8 Å². The van der Waals surface area contributed by atoms with E-state index < -0.39 is 0 Å². The minimum absolute atomic E-state index is 0.488. The fourth-order valence-corrected chi connectivity index (χ4v) is 4.05. The predicted octanol–water partition coefficient (Wildman–Crippen LogP) is 5.10. The van der Waals surface area contributed by atoms with Crippen LogP contribution in [0.1, 0.15) is 41.3 Å². The number of aromatic nitrogens is 2. The molecule has 0 N–H and O–H groups in total. The highest BCUT2D eigenvalue weighted by Gasteiger charge is 2.22. The van der Waals surface area contributed by atoms with Crippen molar-refractivity contribution < 1.29 is 0 Å². The number of halogens is 1. The molecule has 138 valence electrons. The highest BCUT2D eigenvalue weighted by molar-refractivity contribution is 6.31. The summed E-state index contributed by atoms with van der Waals surface area (Å²) in [5.74, 6) is 0.488. The summed E-state index contributed by atoms with van der Waals surface area (Å²) in [6.07, 6.45) is 6.98. The van der Waals surface area contributed by atoms with Crippen LogP contribution in [0.2, 0.25) is 5.02 Å². The first kappa shape index (κ1) is 18.1. The van der Waals surface area contributed by atoms with E-state index in [4.69, 9.17) is 16.6 Å². The molecule has 1 atom stereocenters. The van der Waals surface area contributed by atoms with Gasteiger partial charge >= 0.3 is 0 Å². The summed E-state index contributed by atoms with van der Waals surface area (Å²) in [7, 11) is 0. The second-order valence-corrected chi connectivity index (χ2v) is 7.66. The van der Waals surface area contributed by atoms with Crippen molar-refractivity contribution in [1.29, 1.82) is 0 Å². The van der Waals surface area contributed by atoms with E-state index >= 15 is 0 Å². The SMILES string of the molecule is Clc1ccccc1Cc1cccc(C2CCCN(Cc3cccnc3)C2)n1. The van der Waals surface area contributed by atoms with Gasteiger partial charge in [0.2, 0.25) is 0 Å². The average molecular weight is 378 g/mol. The molecular formula is C23H24ClN3. The van der Waals surface area contributed by atoms with E-state index in [1.807, 2.05) is 36.7 Å². The fourth-order valence-electron chi connectivity index (χ4n) is 3.85. The van der Waals surface area contributed by atoms with Gasteiger partial charge in [0, 0.05) is 54.2 Å². The van der Waals surface area contributed by atoms with Gasteiger partial charge in [-0.3, -0.25) is 14.9 Å². The average Bonchev–Trinajstić information content (AvgIpc) is 2.71. The molecule has 4 heteroatoms. The van der Waals surface area contributed by atoms with Crippen molar-refractivity contribution in [3.63, 3.8) is 0 Å². The Bertz CT molecular complexity index is 882. The minimum Gasteiger partial charge on any atom is -0.298 e. The largest absolute Gasteiger partial charge is 0.298 e. The molecule has 4 rings (SSSR count). The van der Waals surface area contributed by atoms with Gasteiger partial charge in [0.05, 0.1) is 0 Å². The lowest BCUT2D eigenvalue weighted by molar-refractivity contribution is 0.198. The standard InChI is InChI=1S/C23H24ClN3/c24-22-10-2-1-7-19(22)14-21-9-3-11-23(26-21)20-8-5-13-27(17-20)16-18-6-4-12-25-15-18/h1-4,6-7,9-12,15,20H,5,8,13-14,16-17H2. The van der Waals surface area contributed by atoms with Gasteiger partial charge in [-0.2, -0.15) is 0 Å². The van der Waals surface area contributed by atoms with Crippen LogP contribution in [0.5, 0.6) is 0 Å². The summed E-state index contributed by atoms with van der Waals surface area (Å²) in [5.41, 5.74) is 4.70. The van der Waals surface area contributed by atoms with Gasteiger partial charge < -0.3 is 0 Å². The number of likely N-dealkylation sites (tertiary alicyclic amines) is 1. The van der Waals surface area contributed by atoms with Crippen molar-refractivity contribution in [2.24, 2.45) is 0 Å². The molecule has 1 aliphatic rings. The number of hydrogen-bond acceptors (Lipinski definition) is 3. The molecule has 2 aromatic heterocycles. The molecule has 1 fully saturated rings. The fraction of sp³-hybridized carbons (Fsp3) is 0.304. The Hall–Kier alpha value is -2.23. The van der Waals surface area contributed by atoms with Crippen LogP contribution in [0.15, 0.2) is 67.0 Å². The van der Waals surface area contributed by atoms with Crippen LogP contribution in [-0.4, -0.2) is 28.0 Å². The molecule has 0 aliphatic carbocycles. The Morgan fingerprint density at radius 3 is 2.81 bits per heavy atom. The third-order valence-corrected chi connectivity index (χ3v) is 5.58. The maximum atomic E-state index is 6.32. The lowest BCUT2D eigenvalue weighted by Gasteiger charge is -2.32. The van der Waals surface area contributed by atoms with Crippen LogP contribution in [0.25, 0.3) is 0 Å². The molecule has 1 unspecified atom stereocenters. The maximum Gasteiger partial charge on any atom is 0.0451 e. The molecule has 0 radical (unpaired) electrons. The van der Waals surface area contributed by atoms with Crippen LogP contribution in [0, 0.1) is 0 Å². The zero-order valence-electron chi connectivity index (χ0n) is 15.4. The number of pyridine rings is 2. The van der Waals surface area contributed by atoms with Gasteiger partial charge in [0.15, 0.2) is 0 Å². The summed E-state index contributed by atoms with van der Waals surface area (Å²) in [5, 5.41) is 0.810. The number of rotatable bonds is 5. The van der Waals surface area contributed by atoms with Gasteiger partial charge in [0.1, 0.15) is 0 Å². The van der Waals surface area contributed by atoms with E-state index in [1.165, 1.54) is 24.1 Å². The molecule has 3 aromatic rings. The van der Waals surface area contributed by atoms with Gasteiger partial charge in [-0.25, -0.2) is 0 Å². The molecule has 27 heavy (non-hydrogen) atoms. The van der Waals surface area contributed by atoms with E-state index in [-0.39, 0.29) is 0 Å². The maximum absolute atomic E-state index is 6.32. The Morgan fingerprint density at radius 1 is 1.04 bits per heavy atom. The van der Waals surface area contributed by atoms with E-state index in [9.17, 15) is 0 Å². The first-order chi connectivity index (χ1) is 13.3. The molecule has 0 bridgehead atoms. The number of nitrogens with zero attached hydrogens (tertiary/aromatic N) is 3. The van der Waals surface area contributed by atoms with Crippen LogP contribution < -0.4 is 0 Å². The molecule has 0 saturated carbocycles. The molecule has 3 heterocycles. The highest BCUT2D eigenvalue weighted by atomic mass is 35.5. The number of benzene rings is 1. The van der Waals surface area contributed by atoms with Crippen molar-refractivity contribution in [2.45, 2.75) is 31.7 Å². The van der Waals surface area contributed by atoms with E-state index in [0.717, 1.165) is 42.3 Å². The first-order valence-electron chi connectivity index (χ1n) is 9.58. The monoisotopic (exact) mass is 377 g/mol. The second-order valence-electron chi connectivity index (χ2n) is 7.26. The van der Waals surface area contributed by atoms with Crippen LogP contribution >= 0.6 is 11.6 Å². The Kier molecular flexibility index (Phi) is 5.81. The van der Waals surface area contributed by atoms with E-state index in [2.05, 4.69) is 40.2 Å². The lowest BCUT2D eigenvalue weighted by Crippen LogP contribution is -2.34. The Balaban J connectivity index is 1.45. The Labute approximate surface area is 166 Å². The van der Waals surface area contributed by atoms with E-state index in [0.29, 0.717) is 5.92 Å². The van der Waals surface area contributed by atoms with Crippen molar-refractivity contribution in [3.8, 4) is 0 Å². The summed E-state index contributed by atoms with van der Waals surface area (Å²) in [6.45, 7) is 3.16. The smallest absolute Gasteiger partial charge is 0.0451 e. The third kappa shape index (κ3) is 4.74. The highest BCUT2D eigenvalue weighted by Crippen LogP contribution is 2.27. The van der Waals surface area contributed by atoms with Crippen molar-refractivity contribution in [2.75, 3.05) is 13.1 Å². The van der Waals surface area contributed by atoms with Crippen LogP contribution in [0.3, 0.4) is 0 Å². The van der Waals surface area contributed by atoms with Crippen molar-refractivity contribution >= 4 is 11.6 Å². The number of hydrogen-bond donors (Lipinski definition) is 0.